The maximum atomic E-state index is 13.8. The molecule has 2 N–H and O–H groups in total. The number of hydrogen-bond donors (Lipinski definition) is 1. The molecular formula is C15H10F3N3. The van der Waals surface area contributed by atoms with E-state index in [1.54, 1.807) is 12.1 Å². The molecule has 1 aromatic heterocycles. The lowest BCUT2D eigenvalue weighted by molar-refractivity contribution is 0.574. The molecule has 2 aromatic carbocycles. The number of nitrogen functional groups attached to an aromatic ring is 1. The van der Waals surface area contributed by atoms with Gasteiger partial charge in [-0.1, -0.05) is 0 Å². The fourth-order valence-electron chi connectivity index (χ4n) is 2.00. The highest BCUT2D eigenvalue weighted by Crippen LogP contribution is 2.24. The van der Waals surface area contributed by atoms with Gasteiger partial charge in [-0.3, -0.25) is 0 Å². The molecule has 0 aliphatic heterocycles. The number of nitrogens with zero attached hydrogens (tertiary/aromatic N) is 2. The van der Waals surface area contributed by atoms with Crippen LogP contribution in [0, 0.1) is 17.5 Å². The molecule has 0 aliphatic carbocycles. The minimum absolute atomic E-state index is 0.0438. The Morgan fingerprint density at radius 2 is 1.52 bits per heavy atom. The van der Waals surface area contributed by atoms with Crippen molar-refractivity contribution in [1.82, 2.24) is 9.78 Å². The van der Waals surface area contributed by atoms with Crippen LogP contribution in [0.5, 0.6) is 0 Å². The Bertz CT molecular complexity index is 794. The van der Waals surface area contributed by atoms with E-state index in [4.69, 9.17) is 5.73 Å². The van der Waals surface area contributed by atoms with Crippen molar-refractivity contribution < 1.29 is 13.2 Å². The molecule has 3 aromatic rings. The first-order valence-corrected chi connectivity index (χ1v) is 6.11. The zero-order valence-electron chi connectivity index (χ0n) is 10.7. The van der Waals surface area contributed by atoms with Crippen LogP contribution >= 0.6 is 0 Å². The Labute approximate surface area is 118 Å². The van der Waals surface area contributed by atoms with E-state index in [0.717, 1.165) is 12.1 Å². The summed E-state index contributed by atoms with van der Waals surface area (Å²) in [6, 6.07) is 10.3. The lowest BCUT2D eigenvalue weighted by atomic mass is 10.1. The maximum absolute atomic E-state index is 13.8. The van der Waals surface area contributed by atoms with E-state index in [-0.39, 0.29) is 17.3 Å². The van der Waals surface area contributed by atoms with Crippen molar-refractivity contribution >= 4 is 5.82 Å². The lowest BCUT2D eigenvalue weighted by Gasteiger charge is -2.05. The van der Waals surface area contributed by atoms with Gasteiger partial charge in [0.1, 0.15) is 23.1 Å². The van der Waals surface area contributed by atoms with Gasteiger partial charge in [0.2, 0.25) is 0 Å². The highest BCUT2D eigenvalue weighted by Gasteiger charge is 2.13. The van der Waals surface area contributed by atoms with Gasteiger partial charge in [0, 0.05) is 17.7 Å². The van der Waals surface area contributed by atoms with Crippen molar-refractivity contribution in [2.45, 2.75) is 0 Å². The normalized spacial score (nSPS) is 10.8. The minimum atomic E-state index is -0.768. The van der Waals surface area contributed by atoms with Gasteiger partial charge in [-0.2, -0.15) is 5.10 Å². The number of anilines is 1. The summed E-state index contributed by atoms with van der Waals surface area (Å²) in [6.07, 6.45) is 0. The predicted molar refractivity (Wildman–Crippen MR) is 73.3 cm³/mol. The third-order valence-corrected chi connectivity index (χ3v) is 3.01. The van der Waals surface area contributed by atoms with Gasteiger partial charge < -0.3 is 5.73 Å². The van der Waals surface area contributed by atoms with Crippen molar-refractivity contribution in [3.8, 4) is 16.9 Å². The number of benzene rings is 2. The molecule has 0 saturated heterocycles. The second-order valence-electron chi connectivity index (χ2n) is 4.47. The van der Waals surface area contributed by atoms with Gasteiger partial charge in [0.25, 0.3) is 0 Å². The fourth-order valence-corrected chi connectivity index (χ4v) is 2.00. The van der Waals surface area contributed by atoms with Gasteiger partial charge in [-0.25, -0.2) is 17.9 Å². The number of hydrogen-bond acceptors (Lipinski definition) is 2. The molecule has 0 spiro atoms. The largest absolute Gasteiger partial charge is 0.384 e. The molecule has 0 aliphatic rings. The zero-order chi connectivity index (χ0) is 15.0. The molecule has 0 fully saturated rings. The molecule has 0 unspecified atom stereocenters. The zero-order valence-corrected chi connectivity index (χ0v) is 10.7. The van der Waals surface area contributed by atoms with Gasteiger partial charge in [-0.15, -0.1) is 0 Å². The molecule has 0 bridgehead atoms. The topological polar surface area (TPSA) is 43.8 Å². The van der Waals surface area contributed by atoms with E-state index in [2.05, 4.69) is 5.10 Å². The number of rotatable bonds is 2. The van der Waals surface area contributed by atoms with Crippen molar-refractivity contribution in [3.63, 3.8) is 0 Å². The second-order valence-corrected chi connectivity index (χ2v) is 4.47. The third kappa shape index (κ3) is 2.47. The molecule has 6 heteroatoms. The quantitative estimate of drug-likeness (QED) is 0.784. The number of aromatic nitrogens is 2. The summed E-state index contributed by atoms with van der Waals surface area (Å²) >= 11 is 0. The molecule has 21 heavy (non-hydrogen) atoms. The SMILES string of the molecule is Nc1cc(-c2ccc(F)cc2)nn1-c1ccc(F)cc1F. The average molecular weight is 289 g/mol. The number of halogens is 3. The Morgan fingerprint density at radius 3 is 2.19 bits per heavy atom. The second kappa shape index (κ2) is 4.97. The van der Waals surface area contributed by atoms with Crippen molar-refractivity contribution in [3.05, 3.63) is 66.0 Å². The van der Waals surface area contributed by atoms with Crippen LogP contribution in [0.1, 0.15) is 0 Å². The monoisotopic (exact) mass is 289 g/mol. The molecule has 0 saturated carbocycles. The van der Waals surface area contributed by atoms with Crippen LogP contribution in [0.3, 0.4) is 0 Å². The Balaban J connectivity index is 2.07. The van der Waals surface area contributed by atoms with E-state index in [9.17, 15) is 13.2 Å². The van der Waals surface area contributed by atoms with E-state index < -0.39 is 11.6 Å². The molecule has 0 radical (unpaired) electrons. The summed E-state index contributed by atoms with van der Waals surface area (Å²) < 4.78 is 40.8. The number of nitrogens with two attached hydrogens (primary N) is 1. The first-order valence-electron chi connectivity index (χ1n) is 6.11. The predicted octanol–water partition coefficient (Wildman–Crippen LogP) is 3.54. The van der Waals surface area contributed by atoms with Gasteiger partial charge in [0.15, 0.2) is 5.82 Å². The molecule has 1 heterocycles. The van der Waals surface area contributed by atoms with E-state index in [0.29, 0.717) is 11.3 Å². The van der Waals surface area contributed by atoms with Crippen molar-refractivity contribution in [1.29, 1.82) is 0 Å². The van der Waals surface area contributed by atoms with Crippen LogP contribution in [0.15, 0.2) is 48.5 Å². The lowest BCUT2D eigenvalue weighted by Crippen LogP contribution is -2.04. The van der Waals surface area contributed by atoms with Crippen LogP contribution in [0.2, 0.25) is 0 Å². The van der Waals surface area contributed by atoms with E-state index in [1.807, 2.05) is 0 Å². The standard InChI is InChI=1S/C15H10F3N3/c16-10-3-1-9(2-4-10)13-8-15(19)21(20-13)14-6-5-11(17)7-12(14)18/h1-8H,19H2. The first-order chi connectivity index (χ1) is 10.0. The van der Waals surface area contributed by atoms with Crippen LogP contribution in [-0.2, 0) is 0 Å². The molecular weight excluding hydrogens is 279 g/mol. The summed E-state index contributed by atoms with van der Waals surface area (Å²) in [5.41, 5.74) is 6.97. The van der Waals surface area contributed by atoms with Crippen LogP contribution in [0.25, 0.3) is 16.9 Å². The van der Waals surface area contributed by atoms with Crippen LogP contribution in [0.4, 0.5) is 19.0 Å². The average Bonchev–Trinajstić information content (AvgIpc) is 2.81. The molecule has 0 atom stereocenters. The van der Waals surface area contributed by atoms with Gasteiger partial charge in [-0.05, 0) is 36.4 Å². The fraction of sp³-hybridized carbons (Fsp3) is 0. The maximum Gasteiger partial charge on any atom is 0.151 e. The van der Waals surface area contributed by atoms with Crippen molar-refractivity contribution in [2.24, 2.45) is 0 Å². The molecule has 106 valence electrons. The van der Waals surface area contributed by atoms with E-state index in [1.165, 1.54) is 28.9 Å². The smallest absolute Gasteiger partial charge is 0.151 e. The Kier molecular flexibility index (Phi) is 3.13. The molecule has 3 nitrogen and oxygen atoms in total. The molecule has 0 amide bonds. The highest BCUT2D eigenvalue weighted by atomic mass is 19.1. The van der Waals surface area contributed by atoms with E-state index >= 15 is 0 Å². The summed E-state index contributed by atoms with van der Waals surface area (Å²) in [4.78, 5) is 0. The van der Waals surface area contributed by atoms with Crippen LogP contribution < -0.4 is 5.73 Å². The van der Waals surface area contributed by atoms with Crippen LogP contribution in [-0.4, -0.2) is 9.78 Å². The Morgan fingerprint density at radius 1 is 0.857 bits per heavy atom. The summed E-state index contributed by atoms with van der Waals surface area (Å²) in [6.45, 7) is 0. The molecule has 3 rings (SSSR count). The summed E-state index contributed by atoms with van der Waals surface area (Å²) in [5.74, 6) is -1.62. The summed E-state index contributed by atoms with van der Waals surface area (Å²) in [5, 5.41) is 4.18. The van der Waals surface area contributed by atoms with Gasteiger partial charge in [0.05, 0.1) is 5.69 Å². The minimum Gasteiger partial charge on any atom is -0.384 e. The first kappa shape index (κ1) is 13.2. The highest BCUT2D eigenvalue weighted by molar-refractivity contribution is 5.63. The third-order valence-electron chi connectivity index (χ3n) is 3.01. The summed E-state index contributed by atoms with van der Waals surface area (Å²) in [7, 11) is 0. The Hall–Kier alpha value is -2.76. The van der Waals surface area contributed by atoms with Gasteiger partial charge >= 0.3 is 0 Å². The van der Waals surface area contributed by atoms with Crippen molar-refractivity contribution in [2.75, 3.05) is 5.73 Å².